The molecule has 0 bridgehead atoms. The second-order valence-corrected chi connectivity index (χ2v) is 11.6. The van der Waals surface area contributed by atoms with Crippen LogP contribution in [0.2, 0.25) is 5.02 Å². The fraction of sp³-hybridized carbons (Fsp3) is 0.235. The lowest BCUT2D eigenvalue weighted by Gasteiger charge is -2.31. The first-order chi connectivity index (χ1) is 21.0. The Kier molecular flexibility index (Phi) is 10.5. The molecule has 1 aliphatic heterocycles. The van der Waals surface area contributed by atoms with Crippen LogP contribution in [-0.2, 0) is 22.4 Å². The average molecular weight is 663 g/mol. The number of ether oxygens (including phenoxy) is 2. The van der Waals surface area contributed by atoms with Crippen molar-refractivity contribution in [3.63, 3.8) is 0 Å². The number of aliphatic imine (C=N–C) groups is 1. The third-order valence-corrected chi connectivity index (χ3v) is 7.91. The smallest absolute Gasteiger partial charge is 0.266 e. The second kappa shape index (κ2) is 14.7. The predicted octanol–water partition coefficient (Wildman–Crippen LogP) is 6.23. The van der Waals surface area contributed by atoms with Gasteiger partial charge in [0.1, 0.15) is 5.75 Å². The molecule has 222 valence electrons. The summed E-state index contributed by atoms with van der Waals surface area (Å²) in [6.45, 7) is 0.997. The van der Waals surface area contributed by atoms with Crippen LogP contribution in [0.3, 0.4) is 0 Å². The number of nitrogens with one attached hydrogen (secondary N) is 2. The van der Waals surface area contributed by atoms with E-state index in [0.29, 0.717) is 49.1 Å². The number of hydrogen-bond donors (Lipinski definition) is 3. The number of hydrazine groups is 1. The second-order valence-electron chi connectivity index (χ2n) is 10.3. The number of carbonyl (C=O) groups excluding carboxylic acids is 1. The van der Waals surface area contributed by atoms with E-state index in [2.05, 4.69) is 26.8 Å². The molecule has 0 unspecified atom stereocenters. The Morgan fingerprint density at radius 2 is 1.74 bits per heavy atom. The minimum atomic E-state index is -1.30. The van der Waals surface area contributed by atoms with Crippen molar-refractivity contribution in [3.05, 3.63) is 135 Å². The maximum absolute atomic E-state index is 14.2. The molecule has 1 heterocycles. The van der Waals surface area contributed by atoms with Gasteiger partial charge in [-0.15, -0.1) is 0 Å². The number of amides is 1. The number of benzene rings is 4. The summed E-state index contributed by atoms with van der Waals surface area (Å²) in [7, 11) is 0. The number of carbonyl (C=O) groups is 1. The van der Waals surface area contributed by atoms with Gasteiger partial charge in [0.05, 0.1) is 6.61 Å². The molecule has 5 rings (SSSR count). The van der Waals surface area contributed by atoms with Crippen LogP contribution >= 0.6 is 27.5 Å². The summed E-state index contributed by atoms with van der Waals surface area (Å²) in [5.74, 6) is 0.759. The van der Waals surface area contributed by atoms with Crippen LogP contribution in [0.15, 0.2) is 113 Å². The van der Waals surface area contributed by atoms with E-state index in [1.54, 1.807) is 0 Å². The molecule has 9 heteroatoms. The molecule has 0 radical (unpaired) electrons. The molecule has 43 heavy (non-hydrogen) atoms. The molecule has 4 aromatic rings. The highest BCUT2D eigenvalue weighted by molar-refractivity contribution is 9.10. The quantitative estimate of drug-likeness (QED) is 0.117. The maximum atomic E-state index is 14.2. The zero-order chi connectivity index (χ0) is 30.1. The molecule has 0 aromatic heterocycles. The number of halogens is 2. The molecule has 0 saturated carbocycles. The molecule has 1 amide bonds. The lowest BCUT2D eigenvalue weighted by molar-refractivity contribution is -0.130. The van der Waals surface area contributed by atoms with Gasteiger partial charge in [0, 0.05) is 41.1 Å². The lowest BCUT2D eigenvalue weighted by atomic mass is 9.82. The van der Waals surface area contributed by atoms with Crippen molar-refractivity contribution in [1.29, 1.82) is 0 Å². The molecular formula is C34H33BrClN3O4. The molecule has 0 fully saturated rings. The summed E-state index contributed by atoms with van der Waals surface area (Å²) in [6.07, 6.45) is 0.868. The number of aliphatic hydroxyl groups is 1. The van der Waals surface area contributed by atoms with Crippen molar-refractivity contribution in [2.75, 3.05) is 19.8 Å². The number of rotatable bonds is 13. The van der Waals surface area contributed by atoms with Gasteiger partial charge in [-0.1, -0.05) is 82.1 Å². The SMILES string of the molecule is O=C(NNCCc1cccc(Cl)c1)[C@@]1(Cc2ccc(Br)cc2)N=C(c2ccc(OCCCO)cc2)O[C@H]1c1ccccc1. The highest BCUT2D eigenvalue weighted by atomic mass is 79.9. The van der Waals surface area contributed by atoms with Crippen LogP contribution in [0.25, 0.3) is 0 Å². The van der Waals surface area contributed by atoms with Crippen molar-refractivity contribution in [2.24, 2.45) is 4.99 Å². The maximum Gasteiger partial charge on any atom is 0.266 e. The Balaban J connectivity index is 1.45. The Labute approximate surface area is 265 Å². The van der Waals surface area contributed by atoms with E-state index >= 15 is 0 Å². The summed E-state index contributed by atoms with van der Waals surface area (Å²) in [6, 6.07) is 32.7. The summed E-state index contributed by atoms with van der Waals surface area (Å²) in [4.78, 5) is 19.3. The van der Waals surface area contributed by atoms with E-state index in [1.807, 2.05) is 103 Å². The summed E-state index contributed by atoms with van der Waals surface area (Å²) in [5, 5.41) is 9.71. The first kappa shape index (κ1) is 30.8. The summed E-state index contributed by atoms with van der Waals surface area (Å²) in [5.41, 5.74) is 8.31. The van der Waals surface area contributed by atoms with E-state index in [-0.39, 0.29) is 12.5 Å². The molecular weight excluding hydrogens is 630 g/mol. The van der Waals surface area contributed by atoms with Crippen LogP contribution < -0.4 is 15.6 Å². The minimum Gasteiger partial charge on any atom is -0.494 e. The standard InChI is InChI=1S/C34H33BrClN3O4/c35-28-14-10-25(11-15-28)23-34(33(41)39-37-19-18-24-6-4-9-29(36)22-24)31(26-7-2-1-3-8-26)43-32(38-34)27-12-16-30(17-13-27)42-21-5-20-40/h1-4,6-17,22,31,37,40H,5,18-21,23H2,(H,39,41)/t31-,34-/m0/s1. The molecule has 0 aliphatic carbocycles. The van der Waals surface area contributed by atoms with Crippen LogP contribution in [0, 0.1) is 0 Å². The van der Waals surface area contributed by atoms with Gasteiger partial charge in [-0.25, -0.2) is 10.4 Å². The summed E-state index contributed by atoms with van der Waals surface area (Å²) >= 11 is 9.65. The van der Waals surface area contributed by atoms with Crippen LogP contribution in [0.5, 0.6) is 5.75 Å². The largest absolute Gasteiger partial charge is 0.494 e. The van der Waals surface area contributed by atoms with Gasteiger partial charge in [-0.2, -0.15) is 0 Å². The van der Waals surface area contributed by atoms with Gasteiger partial charge in [-0.05, 0) is 71.6 Å². The summed E-state index contributed by atoms with van der Waals surface area (Å²) < 4.78 is 13.2. The topological polar surface area (TPSA) is 92.2 Å². The number of hydrogen-bond acceptors (Lipinski definition) is 6. The number of nitrogens with zero attached hydrogens (tertiary/aromatic N) is 1. The van der Waals surface area contributed by atoms with Crippen molar-refractivity contribution < 1.29 is 19.4 Å². The van der Waals surface area contributed by atoms with Gasteiger partial charge in [-0.3, -0.25) is 10.2 Å². The molecule has 0 spiro atoms. The molecule has 3 N–H and O–H groups in total. The molecule has 2 atom stereocenters. The predicted molar refractivity (Wildman–Crippen MR) is 172 cm³/mol. The average Bonchev–Trinajstić information content (AvgIpc) is 3.42. The minimum absolute atomic E-state index is 0.0710. The highest BCUT2D eigenvalue weighted by Gasteiger charge is 2.53. The Bertz CT molecular complexity index is 1530. The highest BCUT2D eigenvalue weighted by Crippen LogP contribution is 2.42. The van der Waals surface area contributed by atoms with E-state index in [4.69, 9.17) is 31.2 Å². The van der Waals surface area contributed by atoms with Gasteiger partial charge in [0.25, 0.3) is 5.91 Å². The van der Waals surface area contributed by atoms with Gasteiger partial charge in [0.2, 0.25) is 5.90 Å². The van der Waals surface area contributed by atoms with Crippen LogP contribution in [0.1, 0.15) is 34.8 Å². The molecule has 4 aromatic carbocycles. The fourth-order valence-corrected chi connectivity index (χ4v) is 5.45. The van der Waals surface area contributed by atoms with E-state index < -0.39 is 11.6 Å². The van der Waals surface area contributed by atoms with Crippen LogP contribution in [-0.4, -0.2) is 42.2 Å². The van der Waals surface area contributed by atoms with Crippen molar-refractivity contribution in [1.82, 2.24) is 10.9 Å². The van der Waals surface area contributed by atoms with Gasteiger partial charge in [0.15, 0.2) is 11.6 Å². The first-order valence-corrected chi connectivity index (χ1v) is 15.3. The van der Waals surface area contributed by atoms with Crippen molar-refractivity contribution in [3.8, 4) is 5.75 Å². The lowest BCUT2D eigenvalue weighted by Crippen LogP contribution is -2.54. The molecule has 1 aliphatic rings. The third kappa shape index (κ3) is 7.83. The molecule has 0 saturated heterocycles. The van der Waals surface area contributed by atoms with Gasteiger partial charge < -0.3 is 14.6 Å². The van der Waals surface area contributed by atoms with Crippen molar-refractivity contribution in [2.45, 2.75) is 30.9 Å². The van der Waals surface area contributed by atoms with Crippen LogP contribution in [0.4, 0.5) is 0 Å². The van der Waals surface area contributed by atoms with E-state index in [1.165, 1.54) is 0 Å². The Morgan fingerprint density at radius 3 is 2.47 bits per heavy atom. The Hall–Kier alpha value is -3.69. The molecule has 7 nitrogen and oxygen atoms in total. The van der Waals surface area contributed by atoms with E-state index in [0.717, 1.165) is 26.7 Å². The first-order valence-electron chi connectivity index (χ1n) is 14.1. The zero-order valence-electron chi connectivity index (χ0n) is 23.5. The van der Waals surface area contributed by atoms with E-state index in [9.17, 15) is 4.79 Å². The van der Waals surface area contributed by atoms with Gasteiger partial charge >= 0.3 is 0 Å². The zero-order valence-corrected chi connectivity index (χ0v) is 25.9. The fourth-order valence-electron chi connectivity index (χ4n) is 4.97. The number of aliphatic hydroxyl groups excluding tert-OH is 1. The normalized spacial score (nSPS) is 17.7. The van der Waals surface area contributed by atoms with Crippen molar-refractivity contribution >= 4 is 39.3 Å². The third-order valence-electron chi connectivity index (χ3n) is 7.15. The Morgan fingerprint density at radius 1 is 0.977 bits per heavy atom. The monoisotopic (exact) mass is 661 g/mol.